The van der Waals surface area contributed by atoms with Gasteiger partial charge in [-0.3, -0.25) is 0 Å². The molecule has 0 N–H and O–H groups in total. The summed E-state index contributed by atoms with van der Waals surface area (Å²) < 4.78 is 315. The van der Waals surface area contributed by atoms with Crippen LogP contribution in [0.1, 0.15) is 57.0 Å². The maximum absolute atomic E-state index is 15.2. The highest BCUT2D eigenvalue weighted by Crippen LogP contribution is 2.52. The van der Waals surface area contributed by atoms with Crippen LogP contribution in [0.3, 0.4) is 0 Å². The predicted molar refractivity (Wildman–Crippen MR) is 194 cm³/mol. The van der Waals surface area contributed by atoms with Crippen LogP contribution in [-0.4, -0.2) is 18.5 Å². The molecule has 0 aromatic heterocycles. The summed E-state index contributed by atoms with van der Waals surface area (Å²) in [5.41, 5.74) is -28.9. The van der Waals surface area contributed by atoms with Crippen LogP contribution in [0.4, 0.5) is 92.2 Å². The summed E-state index contributed by atoms with van der Waals surface area (Å²) >= 11 is 0. The highest BCUT2D eigenvalue weighted by molar-refractivity contribution is 7.16. The van der Waals surface area contributed by atoms with Crippen molar-refractivity contribution in [3.8, 4) is 0 Å². The summed E-state index contributed by atoms with van der Waals surface area (Å²) in [7, 11) is 0. The Kier molecular flexibility index (Phi) is 12.8. The van der Waals surface area contributed by atoms with Gasteiger partial charge in [0.1, 0.15) is 6.15 Å². The standard InChI is InChI=1S/C41H27BF21/c1-7-23-18(5)11-20(12-27(23)35(43,44)45)42(21-13-28(36(46,47)48)24(8-2)29(14-21)37(49,50)51,22-15-30(38(52,53)54)25(9-3)31(16-22)39(55,56)57)33-17-32(40(58,59)60)26(10-4)34(19(33)6)41(61,62)63/h7-17,19,34H,1-4H2,5-6H3/q-1. The van der Waals surface area contributed by atoms with Gasteiger partial charge in [0.05, 0.1) is 39.3 Å². The van der Waals surface area contributed by atoms with E-state index in [0.29, 0.717) is 19.1 Å². The zero-order valence-electron chi connectivity index (χ0n) is 31.8. The third-order valence-electron chi connectivity index (χ3n) is 10.8. The molecule has 0 heterocycles. The number of benzene rings is 3. The first kappa shape index (κ1) is 50.3. The summed E-state index contributed by atoms with van der Waals surface area (Å²) in [5, 5.41) is 0. The Bertz CT molecular complexity index is 2250. The van der Waals surface area contributed by atoms with E-state index in [2.05, 4.69) is 26.3 Å². The molecule has 0 bridgehead atoms. The molecule has 0 nitrogen and oxygen atoms in total. The van der Waals surface area contributed by atoms with Gasteiger partial charge in [-0.05, 0) is 40.7 Å². The molecule has 0 aliphatic heterocycles. The maximum Gasteiger partial charge on any atom is 0.416 e. The SMILES string of the molecule is C=CC1=C(C(F)(F)F)C=C([B-](c2cc(C)c(C=C)c(C(F)(F)F)c2)(c2cc(C(F)(F)F)c(C=C)c(C(F)(F)F)c2)c2cc(C(F)(F)F)c(C=C)c(C(F)(F)F)c2)C(C)C1C(F)(F)F. The average molecular weight is 929 g/mol. The summed E-state index contributed by atoms with van der Waals surface area (Å²) in [6.07, 6.45) is -47.4. The maximum atomic E-state index is 15.2. The Labute approximate surface area is 343 Å². The normalized spacial score (nSPS) is 17.4. The van der Waals surface area contributed by atoms with Crippen molar-refractivity contribution in [2.45, 2.75) is 57.1 Å². The number of hydrogen-bond donors (Lipinski definition) is 0. The third-order valence-corrected chi connectivity index (χ3v) is 10.8. The molecule has 3 aromatic rings. The van der Waals surface area contributed by atoms with E-state index in [9.17, 15) is 65.9 Å². The number of rotatable bonds is 8. The molecule has 0 spiro atoms. The van der Waals surface area contributed by atoms with Crippen LogP contribution in [0, 0.1) is 18.8 Å². The fraction of sp³-hybridized carbons (Fsp3) is 0.268. The molecule has 2 atom stereocenters. The number of alkyl halides is 21. The molecule has 1 aliphatic rings. The smallest absolute Gasteiger partial charge is 0.213 e. The highest BCUT2D eigenvalue weighted by Gasteiger charge is 2.55. The van der Waals surface area contributed by atoms with Gasteiger partial charge in [0.2, 0.25) is 0 Å². The monoisotopic (exact) mass is 929 g/mol. The first-order chi connectivity index (χ1) is 28.3. The molecule has 1 aliphatic carbocycles. The molecule has 0 fully saturated rings. The Hall–Kier alpha value is -5.31. The van der Waals surface area contributed by atoms with E-state index in [1.54, 1.807) is 0 Å². The van der Waals surface area contributed by atoms with Crippen LogP contribution < -0.4 is 16.4 Å². The fourth-order valence-corrected chi connectivity index (χ4v) is 8.44. The first-order valence-electron chi connectivity index (χ1n) is 17.5. The van der Waals surface area contributed by atoms with Crippen LogP contribution >= 0.6 is 0 Å². The van der Waals surface area contributed by atoms with Crippen molar-refractivity contribution in [2.24, 2.45) is 11.8 Å². The Balaban J connectivity index is 2.74. The third kappa shape index (κ3) is 9.08. The van der Waals surface area contributed by atoms with Gasteiger partial charge >= 0.3 is 43.2 Å². The number of allylic oxidation sites excluding steroid dienone is 5. The molecule has 3 aromatic carbocycles. The lowest BCUT2D eigenvalue weighted by Crippen LogP contribution is -2.71. The topological polar surface area (TPSA) is 0 Å². The molecule has 0 saturated carbocycles. The van der Waals surface area contributed by atoms with E-state index >= 15 is 26.3 Å². The van der Waals surface area contributed by atoms with Gasteiger partial charge in [0.25, 0.3) is 0 Å². The van der Waals surface area contributed by atoms with Crippen LogP contribution in [0.5, 0.6) is 0 Å². The van der Waals surface area contributed by atoms with Crippen LogP contribution in [-0.2, 0) is 30.9 Å². The predicted octanol–water partition coefficient (Wildman–Crippen LogP) is 13.8. The van der Waals surface area contributed by atoms with Gasteiger partial charge in [-0.1, -0.05) is 100 Å². The summed E-state index contributed by atoms with van der Waals surface area (Å²) in [4.78, 5) is 0. The highest BCUT2D eigenvalue weighted by atomic mass is 19.4. The van der Waals surface area contributed by atoms with Gasteiger partial charge in [0.15, 0.2) is 0 Å². The zero-order chi connectivity index (χ0) is 48.6. The van der Waals surface area contributed by atoms with Crippen molar-refractivity contribution in [1.82, 2.24) is 0 Å². The van der Waals surface area contributed by atoms with E-state index in [-0.39, 0.29) is 30.4 Å². The van der Waals surface area contributed by atoms with Crippen molar-refractivity contribution < 1.29 is 92.2 Å². The minimum atomic E-state index is -6.06. The molecular formula is C41H27BF21-. The number of hydrogen-bond acceptors (Lipinski definition) is 0. The van der Waals surface area contributed by atoms with Gasteiger partial charge < -0.3 is 0 Å². The van der Waals surface area contributed by atoms with Crippen LogP contribution in [0.25, 0.3) is 18.2 Å². The molecule has 2 unspecified atom stereocenters. The lowest BCUT2D eigenvalue weighted by molar-refractivity contribution is -0.173. The summed E-state index contributed by atoms with van der Waals surface area (Å²) in [6, 6.07) is -1.47. The molecule has 0 radical (unpaired) electrons. The zero-order valence-corrected chi connectivity index (χ0v) is 31.8. The Morgan fingerprint density at radius 2 is 0.746 bits per heavy atom. The molecule has 342 valence electrons. The Morgan fingerprint density at radius 1 is 0.444 bits per heavy atom. The minimum Gasteiger partial charge on any atom is -0.213 e. The summed E-state index contributed by atoms with van der Waals surface area (Å²) in [6.45, 7) is 12.9. The van der Waals surface area contributed by atoms with Gasteiger partial charge in [-0.2, -0.15) is 109 Å². The second-order valence-corrected chi connectivity index (χ2v) is 14.3. The Morgan fingerprint density at radius 3 is 1.00 bits per heavy atom. The molecule has 63 heavy (non-hydrogen) atoms. The lowest BCUT2D eigenvalue weighted by atomic mass is 9.11. The van der Waals surface area contributed by atoms with E-state index in [1.165, 1.54) is 0 Å². The van der Waals surface area contributed by atoms with Crippen molar-refractivity contribution >= 4 is 40.8 Å². The first-order valence-corrected chi connectivity index (χ1v) is 17.5. The van der Waals surface area contributed by atoms with E-state index in [0.717, 1.165) is 6.92 Å². The molecule has 22 heteroatoms. The van der Waals surface area contributed by atoms with Gasteiger partial charge in [-0.15, -0.1) is 0 Å². The fourth-order valence-electron chi connectivity index (χ4n) is 8.44. The quantitative estimate of drug-likeness (QED) is 0.156. The van der Waals surface area contributed by atoms with Crippen molar-refractivity contribution in [1.29, 1.82) is 0 Å². The van der Waals surface area contributed by atoms with E-state index in [4.69, 9.17) is 0 Å². The number of aryl methyl sites for hydroxylation is 1. The van der Waals surface area contributed by atoms with Crippen LogP contribution in [0.15, 0.2) is 91.5 Å². The van der Waals surface area contributed by atoms with Crippen molar-refractivity contribution in [3.05, 3.63) is 142 Å². The lowest BCUT2D eigenvalue weighted by Gasteiger charge is -2.52. The van der Waals surface area contributed by atoms with E-state index in [1.807, 2.05) is 0 Å². The van der Waals surface area contributed by atoms with E-state index < -0.39 is 169 Å². The van der Waals surface area contributed by atoms with Crippen molar-refractivity contribution in [3.63, 3.8) is 0 Å². The van der Waals surface area contributed by atoms with Gasteiger partial charge in [-0.25, -0.2) is 5.47 Å². The molecule has 4 rings (SSSR count). The largest absolute Gasteiger partial charge is 0.416 e. The average Bonchev–Trinajstić information content (AvgIpc) is 3.11. The number of halogens is 21. The second kappa shape index (κ2) is 16.0. The van der Waals surface area contributed by atoms with Gasteiger partial charge in [0, 0.05) is 0 Å². The second-order valence-electron chi connectivity index (χ2n) is 14.3. The van der Waals surface area contributed by atoms with Crippen molar-refractivity contribution in [2.75, 3.05) is 0 Å². The molecular weight excluding hydrogens is 902 g/mol. The summed E-state index contributed by atoms with van der Waals surface area (Å²) in [5.74, 6) is -6.49. The van der Waals surface area contributed by atoms with Crippen LogP contribution in [0.2, 0.25) is 0 Å². The molecule has 0 amide bonds. The molecule has 0 saturated heterocycles. The minimum absolute atomic E-state index is 0.00894.